The number of hydrogen-bond acceptors (Lipinski definition) is 5. The van der Waals surface area contributed by atoms with Gasteiger partial charge in [0.25, 0.3) is 6.43 Å². The number of hydrogen-bond donors (Lipinski definition) is 0. The molecule has 6 nitrogen and oxygen atoms in total. The number of nitriles is 2. The van der Waals surface area contributed by atoms with Crippen LogP contribution >= 0.6 is 0 Å². The van der Waals surface area contributed by atoms with E-state index in [9.17, 15) is 18.9 Å². The van der Waals surface area contributed by atoms with Crippen LogP contribution < -0.4 is 0 Å². The van der Waals surface area contributed by atoms with E-state index in [1.807, 2.05) is 0 Å². The second-order valence-electron chi connectivity index (χ2n) is 2.89. The van der Waals surface area contributed by atoms with Gasteiger partial charge in [-0.2, -0.15) is 10.5 Å². The number of nitrogens with zero attached hydrogens (tertiary/aromatic N) is 4. The van der Waals surface area contributed by atoms with Gasteiger partial charge in [-0.3, -0.25) is 10.1 Å². The molecule has 17 heavy (non-hydrogen) atoms. The first kappa shape index (κ1) is 12.5. The molecule has 0 saturated carbocycles. The number of halogens is 2. The van der Waals surface area contributed by atoms with E-state index in [1.165, 1.54) is 6.07 Å². The lowest BCUT2D eigenvalue weighted by Gasteiger charge is -2.06. The summed E-state index contributed by atoms with van der Waals surface area (Å²) < 4.78 is 25.1. The summed E-state index contributed by atoms with van der Waals surface area (Å²) in [6.07, 6.45) is -2.93. The minimum Gasteiger partial charge on any atom is -0.258 e. The van der Waals surface area contributed by atoms with Crippen LogP contribution in [0.1, 0.15) is 23.2 Å². The van der Waals surface area contributed by atoms with Gasteiger partial charge >= 0.3 is 5.69 Å². The van der Waals surface area contributed by atoms with Gasteiger partial charge in [0.1, 0.15) is 23.5 Å². The normalized spacial score (nSPS) is 9.71. The highest BCUT2D eigenvalue weighted by atomic mass is 19.3. The SMILES string of the molecule is N#CCc1c(C(F)F)ncc([N+](=O)[O-])c1C#N. The molecule has 1 rings (SSSR count). The highest BCUT2D eigenvalue weighted by Crippen LogP contribution is 2.28. The van der Waals surface area contributed by atoms with Crippen molar-refractivity contribution in [1.82, 2.24) is 4.98 Å². The van der Waals surface area contributed by atoms with Gasteiger partial charge in [0.05, 0.1) is 17.4 Å². The van der Waals surface area contributed by atoms with Crippen molar-refractivity contribution in [2.45, 2.75) is 12.8 Å². The third-order valence-electron chi connectivity index (χ3n) is 1.96. The molecular weight excluding hydrogens is 234 g/mol. The van der Waals surface area contributed by atoms with Crippen molar-refractivity contribution in [3.63, 3.8) is 0 Å². The van der Waals surface area contributed by atoms with Crippen LogP contribution in [0.2, 0.25) is 0 Å². The van der Waals surface area contributed by atoms with E-state index in [1.54, 1.807) is 6.07 Å². The van der Waals surface area contributed by atoms with Gasteiger partial charge in [0.15, 0.2) is 0 Å². The first-order valence-electron chi connectivity index (χ1n) is 4.24. The lowest BCUT2D eigenvalue weighted by atomic mass is 10.0. The molecule has 1 aromatic heterocycles. The summed E-state index contributed by atoms with van der Waals surface area (Å²) in [7, 11) is 0. The van der Waals surface area contributed by atoms with Crippen molar-refractivity contribution in [3.05, 3.63) is 33.1 Å². The molecule has 8 heteroatoms. The molecule has 0 unspecified atom stereocenters. The molecule has 1 heterocycles. The van der Waals surface area contributed by atoms with E-state index in [0.717, 1.165) is 0 Å². The summed E-state index contributed by atoms with van der Waals surface area (Å²) in [5.41, 5.74) is -2.38. The molecule has 0 saturated heterocycles. The Bertz CT molecular complexity index is 545. The second kappa shape index (κ2) is 4.94. The third kappa shape index (κ3) is 2.32. The largest absolute Gasteiger partial charge is 0.305 e. The first-order chi connectivity index (χ1) is 8.02. The van der Waals surface area contributed by atoms with Crippen LogP contribution in [0.4, 0.5) is 14.5 Å². The Morgan fingerprint density at radius 1 is 1.53 bits per heavy atom. The molecule has 0 aromatic carbocycles. The van der Waals surface area contributed by atoms with Gasteiger partial charge in [-0.25, -0.2) is 13.8 Å². The lowest BCUT2D eigenvalue weighted by Crippen LogP contribution is -2.05. The molecule has 0 aliphatic heterocycles. The Labute approximate surface area is 93.9 Å². The average Bonchev–Trinajstić information content (AvgIpc) is 2.28. The molecule has 0 bridgehead atoms. The highest BCUT2D eigenvalue weighted by Gasteiger charge is 2.25. The fourth-order valence-electron chi connectivity index (χ4n) is 1.27. The van der Waals surface area contributed by atoms with E-state index < -0.39 is 34.7 Å². The predicted octanol–water partition coefficient (Wildman–Crippen LogP) is 1.87. The average molecular weight is 238 g/mol. The topological polar surface area (TPSA) is 104 Å². The van der Waals surface area contributed by atoms with E-state index >= 15 is 0 Å². The number of rotatable bonds is 3. The summed E-state index contributed by atoms with van der Waals surface area (Å²) in [5.74, 6) is 0. The summed E-state index contributed by atoms with van der Waals surface area (Å²) in [6, 6.07) is 3.03. The number of nitro groups is 1. The maximum absolute atomic E-state index is 12.5. The maximum atomic E-state index is 12.5. The van der Waals surface area contributed by atoms with Crippen LogP contribution in [0.3, 0.4) is 0 Å². The van der Waals surface area contributed by atoms with Gasteiger partial charge in [-0.05, 0) is 0 Å². The second-order valence-corrected chi connectivity index (χ2v) is 2.89. The summed E-state index contributed by atoms with van der Waals surface area (Å²) in [5, 5.41) is 27.8. The van der Waals surface area contributed by atoms with Crippen LogP contribution in [0.5, 0.6) is 0 Å². The molecule has 86 valence electrons. The van der Waals surface area contributed by atoms with Crippen LogP contribution in [0.25, 0.3) is 0 Å². The zero-order chi connectivity index (χ0) is 13.0. The number of aromatic nitrogens is 1. The van der Waals surface area contributed by atoms with E-state index in [4.69, 9.17) is 10.5 Å². The zero-order valence-electron chi connectivity index (χ0n) is 8.22. The highest BCUT2D eigenvalue weighted by molar-refractivity contribution is 5.54. The predicted molar refractivity (Wildman–Crippen MR) is 49.9 cm³/mol. The Kier molecular flexibility index (Phi) is 3.62. The molecule has 0 aliphatic carbocycles. The van der Waals surface area contributed by atoms with Gasteiger partial charge in [0.2, 0.25) is 0 Å². The third-order valence-corrected chi connectivity index (χ3v) is 1.96. The van der Waals surface area contributed by atoms with Crippen LogP contribution in [0, 0.1) is 32.8 Å². The summed E-state index contributed by atoms with van der Waals surface area (Å²) in [6.45, 7) is 0. The van der Waals surface area contributed by atoms with E-state index in [2.05, 4.69) is 4.98 Å². The molecule has 0 radical (unpaired) electrons. The van der Waals surface area contributed by atoms with Gasteiger partial charge < -0.3 is 0 Å². The Hall–Kier alpha value is -2.61. The number of alkyl halides is 2. The summed E-state index contributed by atoms with van der Waals surface area (Å²) in [4.78, 5) is 12.9. The van der Waals surface area contributed by atoms with Crippen molar-refractivity contribution in [2.24, 2.45) is 0 Å². The van der Waals surface area contributed by atoms with Crippen molar-refractivity contribution in [2.75, 3.05) is 0 Å². The van der Waals surface area contributed by atoms with E-state index in [-0.39, 0.29) is 5.56 Å². The Morgan fingerprint density at radius 3 is 2.59 bits per heavy atom. The molecule has 0 spiro atoms. The summed E-state index contributed by atoms with van der Waals surface area (Å²) >= 11 is 0. The zero-order valence-corrected chi connectivity index (χ0v) is 8.22. The fraction of sp³-hybridized carbons (Fsp3) is 0.222. The van der Waals surface area contributed by atoms with Crippen LogP contribution in [-0.2, 0) is 6.42 Å². The van der Waals surface area contributed by atoms with Crippen LogP contribution in [-0.4, -0.2) is 9.91 Å². The van der Waals surface area contributed by atoms with Gasteiger partial charge in [0, 0.05) is 5.56 Å². The van der Waals surface area contributed by atoms with Crippen molar-refractivity contribution >= 4 is 5.69 Å². The first-order valence-corrected chi connectivity index (χ1v) is 4.24. The smallest absolute Gasteiger partial charge is 0.258 e. The minimum atomic E-state index is -2.99. The van der Waals surface area contributed by atoms with Crippen molar-refractivity contribution in [1.29, 1.82) is 10.5 Å². The molecule has 0 amide bonds. The monoisotopic (exact) mass is 238 g/mol. The minimum absolute atomic E-state index is 0.390. The molecule has 1 aromatic rings. The Morgan fingerprint density at radius 2 is 2.18 bits per heavy atom. The van der Waals surface area contributed by atoms with Crippen molar-refractivity contribution in [3.8, 4) is 12.1 Å². The molecule has 0 atom stereocenters. The molecule has 0 aliphatic rings. The lowest BCUT2D eigenvalue weighted by molar-refractivity contribution is -0.385. The molecule has 0 fully saturated rings. The van der Waals surface area contributed by atoms with Crippen LogP contribution in [0.15, 0.2) is 6.20 Å². The molecular formula is C9H4F2N4O2. The molecule has 0 N–H and O–H groups in total. The van der Waals surface area contributed by atoms with Gasteiger partial charge in [-0.1, -0.05) is 0 Å². The van der Waals surface area contributed by atoms with Gasteiger partial charge in [-0.15, -0.1) is 0 Å². The maximum Gasteiger partial charge on any atom is 0.305 e. The fourth-order valence-corrected chi connectivity index (χ4v) is 1.27. The van der Waals surface area contributed by atoms with E-state index in [0.29, 0.717) is 6.20 Å². The quantitative estimate of drug-likeness (QED) is 0.590. The number of pyridine rings is 1. The standard InChI is InChI=1S/C9H4F2N4O2/c10-9(11)8-5(1-2-12)6(3-13)7(4-14-8)15(16)17/h4,9H,1H2. The Balaban J connectivity index is 3.58. The van der Waals surface area contributed by atoms with Crippen molar-refractivity contribution < 1.29 is 13.7 Å².